The summed E-state index contributed by atoms with van der Waals surface area (Å²) in [6.45, 7) is 0.638. The third-order valence-electron chi connectivity index (χ3n) is 4.39. The van der Waals surface area contributed by atoms with Crippen LogP contribution in [0.5, 0.6) is 11.5 Å². The third-order valence-corrected chi connectivity index (χ3v) is 4.39. The molecule has 0 atom stereocenters. The normalized spacial score (nSPS) is 12.9. The highest BCUT2D eigenvalue weighted by atomic mass is 16.5. The first-order chi connectivity index (χ1) is 12.6. The Bertz CT molecular complexity index is 819. The first-order valence-electron chi connectivity index (χ1n) is 8.52. The summed E-state index contributed by atoms with van der Waals surface area (Å²) >= 11 is 0. The summed E-state index contributed by atoms with van der Waals surface area (Å²) in [6.07, 6.45) is 1.65. The fraction of sp³-hybridized carbons (Fsp3) is 0.300. The van der Waals surface area contributed by atoms with E-state index in [0.29, 0.717) is 23.7 Å². The second-order valence-electron chi connectivity index (χ2n) is 6.07. The molecule has 6 heteroatoms. The lowest BCUT2D eigenvalue weighted by atomic mass is 10.0. The van der Waals surface area contributed by atoms with Crippen molar-refractivity contribution in [2.24, 2.45) is 0 Å². The van der Waals surface area contributed by atoms with Crippen molar-refractivity contribution >= 4 is 23.2 Å². The standard InChI is InChI=1S/C20H22N2O4/c1-25-17-10-9-15(12-18(17)26-2)21-19(23)13-20(24)22-11-5-7-14-6-3-4-8-16(14)22/h3-4,6,8-10,12H,5,7,11,13H2,1-2H3,(H,21,23). The second-order valence-corrected chi connectivity index (χ2v) is 6.07. The summed E-state index contributed by atoms with van der Waals surface area (Å²) in [6, 6.07) is 12.9. The predicted octanol–water partition coefficient (Wildman–Crippen LogP) is 3.01. The van der Waals surface area contributed by atoms with Crippen LogP contribution in [0.1, 0.15) is 18.4 Å². The van der Waals surface area contributed by atoms with Crippen LogP contribution in [-0.2, 0) is 16.0 Å². The topological polar surface area (TPSA) is 67.9 Å². The van der Waals surface area contributed by atoms with Crippen LogP contribution < -0.4 is 19.7 Å². The van der Waals surface area contributed by atoms with Gasteiger partial charge in [0.1, 0.15) is 6.42 Å². The molecule has 0 saturated carbocycles. The molecule has 6 nitrogen and oxygen atoms in total. The van der Waals surface area contributed by atoms with Crippen molar-refractivity contribution in [3.8, 4) is 11.5 Å². The first-order valence-corrected chi connectivity index (χ1v) is 8.52. The van der Waals surface area contributed by atoms with Gasteiger partial charge in [0.05, 0.1) is 14.2 Å². The number of nitrogens with one attached hydrogen (secondary N) is 1. The predicted molar refractivity (Wildman–Crippen MR) is 99.9 cm³/mol. The highest BCUT2D eigenvalue weighted by Crippen LogP contribution is 2.30. The van der Waals surface area contributed by atoms with E-state index in [2.05, 4.69) is 5.32 Å². The zero-order valence-corrected chi connectivity index (χ0v) is 15.0. The Balaban J connectivity index is 1.66. The van der Waals surface area contributed by atoms with Gasteiger partial charge in [-0.05, 0) is 36.6 Å². The number of amides is 2. The number of fused-ring (bicyclic) bond motifs is 1. The monoisotopic (exact) mass is 354 g/mol. The van der Waals surface area contributed by atoms with Crippen molar-refractivity contribution in [3.63, 3.8) is 0 Å². The van der Waals surface area contributed by atoms with Crippen LogP contribution in [0, 0.1) is 0 Å². The molecule has 0 unspecified atom stereocenters. The highest BCUT2D eigenvalue weighted by Gasteiger charge is 2.24. The Morgan fingerprint density at radius 2 is 1.85 bits per heavy atom. The number of carbonyl (C=O) groups is 2. The number of benzene rings is 2. The molecule has 3 rings (SSSR count). The maximum Gasteiger partial charge on any atom is 0.236 e. The quantitative estimate of drug-likeness (QED) is 0.838. The Hall–Kier alpha value is -3.02. The number of para-hydroxylation sites is 1. The lowest BCUT2D eigenvalue weighted by Gasteiger charge is -2.29. The van der Waals surface area contributed by atoms with Gasteiger partial charge in [0.25, 0.3) is 0 Å². The molecule has 0 spiro atoms. The minimum Gasteiger partial charge on any atom is -0.493 e. The molecule has 0 aliphatic carbocycles. The summed E-state index contributed by atoms with van der Waals surface area (Å²) in [4.78, 5) is 26.6. The summed E-state index contributed by atoms with van der Waals surface area (Å²) in [5.41, 5.74) is 2.61. The van der Waals surface area contributed by atoms with Crippen LogP contribution in [0.25, 0.3) is 0 Å². The van der Waals surface area contributed by atoms with E-state index in [1.807, 2.05) is 24.3 Å². The number of methoxy groups -OCH3 is 2. The molecule has 0 aromatic heterocycles. The van der Waals surface area contributed by atoms with E-state index in [-0.39, 0.29) is 18.2 Å². The lowest BCUT2D eigenvalue weighted by Crippen LogP contribution is -2.37. The number of carbonyl (C=O) groups excluding carboxylic acids is 2. The van der Waals surface area contributed by atoms with Gasteiger partial charge in [0.15, 0.2) is 11.5 Å². The van der Waals surface area contributed by atoms with Gasteiger partial charge >= 0.3 is 0 Å². The number of ether oxygens (including phenoxy) is 2. The average molecular weight is 354 g/mol. The van der Waals surface area contributed by atoms with E-state index in [1.54, 1.807) is 30.2 Å². The molecule has 0 fully saturated rings. The van der Waals surface area contributed by atoms with Crippen molar-refractivity contribution in [2.45, 2.75) is 19.3 Å². The molecule has 1 aliphatic rings. The smallest absolute Gasteiger partial charge is 0.236 e. The SMILES string of the molecule is COc1ccc(NC(=O)CC(=O)N2CCCc3ccccc32)cc1OC. The molecule has 0 radical (unpaired) electrons. The fourth-order valence-electron chi connectivity index (χ4n) is 3.14. The summed E-state index contributed by atoms with van der Waals surface area (Å²) in [5.74, 6) is 0.536. The van der Waals surface area contributed by atoms with Crippen molar-refractivity contribution in [1.82, 2.24) is 0 Å². The van der Waals surface area contributed by atoms with Crippen LogP contribution >= 0.6 is 0 Å². The molecule has 2 amide bonds. The molecule has 2 aromatic rings. The van der Waals surface area contributed by atoms with E-state index in [4.69, 9.17) is 9.47 Å². The minimum atomic E-state index is -0.356. The zero-order chi connectivity index (χ0) is 18.5. The third kappa shape index (κ3) is 3.79. The van der Waals surface area contributed by atoms with E-state index in [0.717, 1.165) is 24.1 Å². The van der Waals surface area contributed by atoms with Crippen LogP contribution in [0.3, 0.4) is 0 Å². The van der Waals surface area contributed by atoms with Gasteiger partial charge in [-0.25, -0.2) is 0 Å². The van der Waals surface area contributed by atoms with Crippen LogP contribution in [0.2, 0.25) is 0 Å². The van der Waals surface area contributed by atoms with Crippen molar-refractivity contribution < 1.29 is 19.1 Å². The van der Waals surface area contributed by atoms with Crippen LogP contribution in [0.4, 0.5) is 11.4 Å². The molecule has 0 saturated heterocycles. The molecular formula is C20H22N2O4. The number of aryl methyl sites for hydroxylation is 1. The highest BCUT2D eigenvalue weighted by molar-refractivity contribution is 6.09. The first kappa shape index (κ1) is 17.8. The van der Waals surface area contributed by atoms with Gasteiger partial charge in [0.2, 0.25) is 11.8 Å². The Kier molecular flexibility index (Phi) is 5.41. The van der Waals surface area contributed by atoms with E-state index >= 15 is 0 Å². The number of hydrogen-bond donors (Lipinski definition) is 1. The summed E-state index contributed by atoms with van der Waals surface area (Å²) in [7, 11) is 3.08. The maximum atomic E-state index is 12.6. The van der Waals surface area contributed by atoms with Crippen molar-refractivity contribution in [1.29, 1.82) is 0 Å². The Morgan fingerprint density at radius 3 is 2.62 bits per heavy atom. The number of hydrogen-bond acceptors (Lipinski definition) is 4. The lowest BCUT2D eigenvalue weighted by molar-refractivity contribution is -0.125. The maximum absolute atomic E-state index is 12.6. The van der Waals surface area contributed by atoms with Gasteiger partial charge in [-0.2, -0.15) is 0 Å². The molecular weight excluding hydrogens is 332 g/mol. The van der Waals surface area contributed by atoms with Gasteiger partial charge in [0, 0.05) is 24.0 Å². The van der Waals surface area contributed by atoms with E-state index in [1.165, 1.54) is 7.11 Å². The number of rotatable bonds is 5. The van der Waals surface area contributed by atoms with Gasteiger partial charge in [-0.1, -0.05) is 18.2 Å². The second kappa shape index (κ2) is 7.91. The van der Waals surface area contributed by atoms with Crippen molar-refractivity contribution in [3.05, 3.63) is 48.0 Å². The molecule has 2 aromatic carbocycles. The number of nitrogens with zero attached hydrogens (tertiary/aromatic N) is 1. The molecule has 26 heavy (non-hydrogen) atoms. The summed E-state index contributed by atoms with van der Waals surface area (Å²) in [5, 5.41) is 2.74. The Morgan fingerprint density at radius 1 is 1.08 bits per heavy atom. The average Bonchev–Trinajstić information content (AvgIpc) is 2.67. The summed E-state index contributed by atoms with van der Waals surface area (Å²) < 4.78 is 10.4. The Labute approximate surface area is 152 Å². The van der Waals surface area contributed by atoms with Gasteiger partial charge in [-0.3, -0.25) is 9.59 Å². The van der Waals surface area contributed by atoms with E-state index < -0.39 is 0 Å². The zero-order valence-electron chi connectivity index (χ0n) is 15.0. The van der Waals surface area contributed by atoms with Gasteiger partial charge < -0.3 is 19.7 Å². The van der Waals surface area contributed by atoms with Crippen molar-refractivity contribution in [2.75, 3.05) is 31.0 Å². The molecule has 136 valence electrons. The molecule has 1 heterocycles. The van der Waals surface area contributed by atoms with Crippen LogP contribution in [0.15, 0.2) is 42.5 Å². The molecule has 0 bridgehead atoms. The minimum absolute atomic E-state index is 0.199. The van der Waals surface area contributed by atoms with Crippen LogP contribution in [-0.4, -0.2) is 32.6 Å². The number of anilines is 2. The fourth-order valence-corrected chi connectivity index (χ4v) is 3.14. The van der Waals surface area contributed by atoms with Gasteiger partial charge in [-0.15, -0.1) is 0 Å². The van der Waals surface area contributed by atoms with E-state index in [9.17, 15) is 9.59 Å². The largest absolute Gasteiger partial charge is 0.493 e. The molecule has 1 aliphatic heterocycles. The molecule has 1 N–H and O–H groups in total.